The molecule has 0 radical (unpaired) electrons. The van der Waals surface area contributed by atoms with Crippen LogP contribution in [0.1, 0.15) is 52.9 Å². The lowest BCUT2D eigenvalue weighted by Crippen LogP contribution is -2.50. The molecule has 2 rings (SSSR count). The Labute approximate surface area is 168 Å². The van der Waals surface area contributed by atoms with E-state index in [1.165, 1.54) is 0 Å². The number of nitrogens with one attached hydrogen (secondary N) is 3. The molecular weight excluding hydrogens is 382 g/mol. The molecule has 0 aromatic carbocycles. The fourth-order valence-electron chi connectivity index (χ4n) is 3.07. The number of urea groups is 1. The quantitative estimate of drug-likeness (QED) is 0.460. The van der Waals surface area contributed by atoms with E-state index in [9.17, 15) is 19.2 Å². The Bertz CT molecular complexity index is 869. The summed E-state index contributed by atoms with van der Waals surface area (Å²) in [7, 11) is 0. The van der Waals surface area contributed by atoms with Crippen LogP contribution in [0.15, 0.2) is 11.3 Å². The molecule has 0 spiro atoms. The second-order valence-corrected chi connectivity index (χ2v) is 6.35. The predicted octanol–water partition coefficient (Wildman–Crippen LogP) is 1.48. The van der Waals surface area contributed by atoms with Crippen molar-refractivity contribution in [1.82, 2.24) is 15.6 Å². The Hall–Kier alpha value is -3.30. The Morgan fingerprint density at radius 1 is 0.966 bits per heavy atom. The van der Waals surface area contributed by atoms with Crippen molar-refractivity contribution in [2.24, 2.45) is 0 Å². The molecule has 1 aromatic rings. The molecule has 0 fully saturated rings. The highest BCUT2D eigenvalue weighted by Gasteiger charge is 2.31. The van der Waals surface area contributed by atoms with Crippen LogP contribution >= 0.6 is 0 Å². The van der Waals surface area contributed by atoms with Crippen molar-refractivity contribution in [3.05, 3.63) is 33.8 Å². The first-order valence-corrected chi connectivity index (χ1v) is 9.22. The van der Waals surface area contributed by atoms with Gasteiger partial charge in [0, 0.05) is 5.69 Å². The van der Waals surface area contributed by atoms with Crippen LogP contribution < -0.4 is 10.6 Å². The van der Waals surface area contributed by atoms with Crippen LogP contribution in [0, 0.1) is 13.8 Å². The molecule has 1 aliphatic rings. The molecule has 0 saturated carbocycles. The van der Waals surface area contributed by atoms with Gasteiger partial charge in [0.15, 0.2) is 0 Å². The lowest BCUT2D eigenvalue weighted by Gasteiger charge is -2.26. The molecule has 0 bridgehead atoms. The van der Waals surface area contributed by atoms with Gasteiger partial charge in [-0.3, -0.25) is 0 Å². The van der Waals surface area contributed by atoms with Crippen molar-refractivity contribution < 1.29 is 33.4 Å². The molecule has 10 nitrogen and oxygen atoms in total. The maximum atomic E-state index is 12.5. The van der Waals surface area contributed by atoms with Gasteiger partial charge in [0.05, 0.1) is 36.1 Å². The first kappa shape index (κ1) is 22.0. The molecule has 3 N–H and O–H groups in total. The maximum absolute atomic E-state index is 12.5. The van der Waals surface area contributed by atoms with Gasteiger partial charge in [-0.25, -0.2) is 19.2 Å². The predicted molar refractivity (Wildman–Crippen MR) is 101 cm³/mol. The summed E-state index contributed by atoms with van der Waals surface area (Å²) in [6.45, 7) is 8.24. The molecule has 2 heterocycles. The monoisotopic (exact) mass is 407 g/mol. The zero-order chi connectivity index (χ0) is 21.7. The van der Waals surface area contributed by atoms with Crippen LogP contribution in [0.4, 0.5) is 4.79 Å². The molecule has 0 saturated heterocycles. The lowest BCUT2D eigenvalue weighted by molar-refractivity contribution is -0.139. The van der Waals surface area contributed by atoms with Crippen molar-refractivity contribution in [2.45, 2.75) is 40.7 Å². The first-order chi connectivity index (χ1) is 13.7. The van der Waals surface area contributed by atoms with Crippen LogP contribution in [0.3, 0.4) is 0 Å². The number of aryl methyl sites for hydroxylation is 1. The second kappa shape index (κ2) is 9.26. The molecule has 2 amide bonds. The largest absolute Gasteiger partial charge is 0.463 e. The fraction of sp³-hybridized carbons (Fsp3) is 0.474. The van der Waals surface area contributed by atoms with Crippen LogP contribution in [0.25, 0.3) is 0 Å². The van der Waals surface area contributed by atoms with Crippen molar-refractivity contribution in [1.29, 1.82) is 0 Å². The summed E-state index contributed by atoms with van der Waals surface area (Å²) in [4.78, 5) is 51.4. The van der Waals surface area contributed by atoms with Gasteiger partial charge in [0.1, 0.15) is 12.3 Å². The summed E-state index contributed by atoms with van der Waals surface area (Å²) >= 11 is 0. The van der Waals surface area contributed by atoms with E-state index in [4.69, 9.17) is 14.2 Å². The van der Waals surface area contributed by atoms with Crippen molar-refractivity contribution in [3.63, 3.8) is 0 Å². The number of H-pyrrole nitrogens is 1. The highest BCUT2D eigenvalue weighted by atomic mass is 16.5. The van der Waals surface area contributed by atoms with E-state index in [0.29, 0.717) is 11.3 Å². The van der Waals surface area contributed by atoms with Gasteiger partial charge in [0.25, 0.3) is 0 Å². The topological polar surface area (TPSA) is 136 Å². The van der Waals surface area contributed by atoms with Crippen molar-refractivity contribution in [2.75, 3.05) is 19.8 Å². The van der Waals surface area contributed by atoms with Crippen LogP contribution in [-0.4, -0.2) is 54.8 Å². The minimum Gasteiger partial charge on any atom is -0.463 e. The Morgan fingerprint density at radius 3 is 2.21 bits per heavy atom. The number of carbonyl (C=O) groups is 4. The minimum absolute atomic E-state index is 0.0946. The molecule has 1 atom stereocenters. The summed E-state index contributed by atoms with van der Waals surface area (Å²) in [6, 6.07) is -1.13. The minimum atomic E-state index is -0.739. The fourth-order valence-corrected chi connectivity index (χ4v) is 3.07. The summed E-state index contributed by atoms with van der Waals surface area (Å²) in [5, 5.41) is 5.03. The van der Waals surface area contributed by atoms with E-state index in [0.717, 1.165) is 0 Å². The third kappa shape index (κ3) is 4.76. The maximum Gasteiger partial charge on any atom is 0.355 e. The van der Waals surface area contributed by atoms with Gasteiger partial charge >= 0.3 is 23.9 Å². The van der Waals surface area contributed by atoms with Crippen molar-refractivity contribution in [3.8, 4) is 0 Å². The van der Waals surface area contributed by atoms with Gasteiger partial charge in [-0.1, -0.05) is 0 Å². The number of aromatic nitrogens is 1. The van der Waals surface area contributed by atoms with Gasteiger partial charge in [0.2, 0.25) is 0 Å². The first-order valence-electron chi connectivity index (χ1n) is 9.22. The second-order valence-electron chi connectivity index (χ2n) is 6.35. The van der Waals surface area contributed by atoms with Crippen LogP contribution in [0.2, 0.25) is 0 Å². The molecule has 158 valence electrons. The molecule has 0 aliphatic carbocycles. The summed E-state index contributed by atoms with van der Waals surface area (Å²) in [5.41, 5.74) is 1.55. The lowest BCUT2D eigenvalue weighted by atomic mass is 10.0. The van der Waals surface area contributed by atoms with E-state index >= 15 is 0 Å². The third-order valence-corrected chi connectivity index (χ3v) is 4.33. The molecule has 0 unspecified atom stereocenters. The normalized spacial score (nSPS) is 16.0. The highest BCUT2D eigenvalue weighted by molar-refractivity contribution is 5.99. The van der Waals surface area contributed by atoms with E-state index in [1.54, 1.807) is 34.6 Å². The molecule has 29 heavy (non-hydrogen) atoms. The number of amides is 2. The van der Waals surface area contributed by atoms with Gasteiger partial charge in [-0.05, 0) is 40.2 Å². The SMILES string of the molecule is CCOC(=O)C1=C(COC(=O)c2[nH]c(C)c(C(=O)OCC)c2C)NC(=O)N[C@H]1C. The number of hydrogen-bond acceptors (Lipinski definition) is 7. The Kier molecular flexibility index (Phi) is 7.03. The molecule has 1 aromatic heterocycles. The van der Waals surface area contributed by atoms with Crippen molar-refractivity contribution >= 4 is 23.9 Å². The van der Waals surface area contributed by atoms with E-state index in [1.807, 2.05) is 0 Å². The average Bonchev–Trinajstić information content (AvgIpc) is 2.93. The zero-order valence-corrected chi connectivity index (χ0v) is 17.1. The number of ether oxygens (including phenoxy) is 3. The highest BCUT2D eigenvalue weighted by Crippen LogP contribution is 2.21. The van der Waals surface area contributed by atoms with E-state index in [2.05, 4.69) is 15.6 Å². The van der Waals surface area contributed by atoms with Crippen LogP contribution in [0.5, 0.6) is 0 Å². The van der Waals surface area contributed by atoms with Gasteiger partial charge in [-0.2, -0.15) is 0 Å². The van der Waals surface area contributed by atoms with Gasteiger partial charge < -0.3 is 29.8 Å². The smallest absolute Gasteiger partial charge is 0.355 e. The standard InChI is InChI=1S/C19H25N3O7/c1-6-27-16(23)13-9(3)15(20-10(13)4)18(25)29-8-12-14(17(24)28-7-2)11(5)21-19(26)22-12/h11,20H,6-8H2,1-5H3,(H2,21,22,26)/t11-/m0/s1. The number of rotatable bonds is 7. The Morgan fingerprint density at radius 2 is 1.59 bits per heavy atom. The molecule has 10 heteroatoms. The average molecular weight is 407 g/mol. The van der Waals surface area contributed by atoms with Gasteiger partial charge in [-0.15, -0.1) is 0 Å². The number of carbonyl (C=O) groups excluding carboxylic acids is 4. The summed E-state index contributed by atoms with van der Waals surface area (Å²) in [6.07, 6.45) is 0. The summed E-state index contributed by atoms with van der Waals surface area (Å²) in [5.74, 6) is -1.89. The van der Waals surface area contributed by atoms with E-state index in [-0.39, 0.29) is 42.3 Å². The summed E-state index contributed by atoms with van der Waals surface area (Å²) < 4.78 is 15.3. The molecular formula is C19H25N3O7. The number of esters is 3. The van der Waals surface area contributed by atoms with Crippen LogP contribution in [-0.2, 0) is 19.0 Å². The zero-order valence-electron chi connectivity index (χ0n) is 17.1. The van der Waals surface area contributed by atoms with E-state index < -0.39 is 30.0 Å². The Balaban J connectivity index is 2.23. The number of aromatic amines is 1. The molecule has 1 aliphatic heterocycles. The number of hydrogen-bond donors (Lipinski definition) is 3. The third-order valence-electron chi connectivity index (χ3n) is 4.33.